The van der Waals surface area contributed by atoms with Crippen LogP contribution in [0, 0.1) is 0 Å². The fourth-order valence-electron chi connectivity index (χ4n) is 3.69. The van der Waals surface area contributed by atoms with Gasteiger partial charge in [-0.1, -0.05) is 48.5 Å². The first-order chi connectivity index (χ1) is 14.0. The van der Waals surface area contributed by atoms with Crippen LogP contribution < -0.4 is 10.6 Å². The van der Waals surface area contributed by atoms with E-state index in [0.717, 1.165) is 12.8 Å². The van der Waals surface area contributed by atoms with Crippen LogP contribution in [0.4, 0.5) is 4.79 Å². The summed E-state index contributed by atoms with van der Waals surface area (Å²) in [5.74, 6) is 0.0604. The number of hydrogen-bond donors (Lipinski definition) is 2. The molecule has 1 atom stereocenters. The Balaban J connectivity index is 1.44. The molecule has 1 unspecified atom stereocenters. The number of carbonyl (C=O) groups excluding carboxylic acids is 2. The molecule has 154 valence electrons. The van der Waals surface area contributed by atoms with Crippen LogP contribution in [-0.4, -0.2) is 61.5 Å². The van der Waals surface area contributed by atoms with Gasteiger partial charge in [-0.05, 0) is 44.6 Å². The highest BCUT2D eigenvalue weighted by Crippen LogP contribution is 2.17. The van der Waals surface area contributed by atoms with Crippen LogP contribution in [0.25, 0.3) is 0 Å². The quantitative estimate of drug-likeness (QED) is 0.792. The molecule has 1 saturated heterocycles. The van der Waals surface area contributed by atoms with Crippen LogP contribution >= 0.6 is 0 Å². The molecule has 1 heterocycles. The van der Waals surface area contributed by atoms with Crippen LogP contribution in [-0.2, 0) is 0 Å². The van der Waals surface area contributed by atoms with Crippen molar-refractivity contribution in [3.05, 3.63) is 71.8 Å². The number of benzene rings is 2. The Hall–Kier alpha value is -2.86. The standard InChI is InChI=1S/C23H30N4O2/c1-26(2)21(18-9-5-3-6-10-18)17-24-23(29)25-20-13-15-27(16-14-20)22(28)19-11-7-4-8-12-19/h3-12,20-21H,13-17H2,1-2H3,(H2,24,25,29). The first kappa shape index (κ1) is 20.9. The van der Waals surface area contributed by atoms with E-state index in [-0.39, 0.29) is 24.0 Å². The van der Waals surface area contributed by atoms with Crippen LogP contribution in [0.15, 0.2) is 60.7 Å². The average Bonchev–Trinajstić information content (AvgIpc) is 2.75. The highest BCUT2D eigenvalue weighted by molar-refractivity contribution is 5.94. The van der Waals surface area contributed by atoms with Gasteiger partial charge in [0.25, 0.3) is 5.91 Å². The molecule has 0 spiro atoms. The lowest BCUT2D eigenvalue weighted by Gasteiger charge is -2.32. The second-order valence-electron chi connectivity index (χ2n) is 7.68. The van der Waals surface area contributed by atoms with Crippen molar-refractivity contribution < 1.29 is 9.59 Å². The van der Waals surface area contributed by atoms with E-state index in [2.05, 4.69) is 27.7 Å². The highest BCUT2D eigenvalue weighted by Gasteiger charge is 2.25. The smallest absolute Gasteiger partial charge is 0.315 e. The zero-order valence-electron chi connectivity index (χ0n) is 17.2. The van der Waals surface area contributed by atoms with Gasteiger partial charge in [-0.25, -0.2) is 4.79 Å². The molecule has 0 radical (unpaired) electrons. The second kappa shape index (κ2) is 10.1. The SMILES string of the molecule is CN(C)C(CNC(=O)NC1CCN(C(=O)c2ccccc2)CC1)c1ccccc1. The fourth-order valence-corrected chi connectivity index (χ4v) is 3.69. The molecular weight excluding hydrogens is 364 g/mol. The topological polar surface area (TPSA) is 64.7 Å². The minimum atomic E-state index is -0.152. The van der Waals surface area contributed by atoms with Crippen molar-refractivity contribution in [2.75, 3.05) is 33.7 Å². The van der Waals surface area contributed by atoms with Crippen molar-refractivity contribution in [1.82, 2.24) is 20.4 Å². The predicted octanol–water partition coefficient (Wildman–Crippen LogP) is 2.89. The molecule has 0 saturated carbocycles. The van der Waals surface area contributed by atoms with Gasteiger partial charge >= 0.3 is 6.03 Å². The highest BCUT2D eigenvalue weighted by atomic mass is 16.2. The van der Waals surface area contributed by atoms with Gasteiger partial charge in [0.15, 0.2) is 0 Å². The number of urea groups is 1. The van der Waals surface area contributed by atoms with Gasteiger partial charge in [-0.3, -0.25) is 4.79 Å². The summed E-state index contributed by atoms with van der Waals surface area (Å²) in [5, 5.41) is 6.05. The Labute approximate surface area is 172 Å². The summed E-state index contributed by atoms with van der Waals surface area (Å²) in [4.78, 5) is 28.9. The Morgan fingerprint density at radius 3 is 2.17 bits per heavy atom. The minimum Gasteiger partial charge on any atom is -0.338 e. The number of nitrogens with zero attached hydrogens (tertiary/aromatic N) is 2. The third-order valence-corrected chi connectivity index (χ3v) is 5.40. The number of carbonyl (C=O) groups is 2. The first-order valence-corrected chi connectivity index (χ1v) is 10.1. The van der Waals surface area contributed by atoms with Crippen LogP contribution in [0.2, 0.25) is 0 Å². The van der Waals surface area contributed by atoms with E-state index in [9.17, 15) is 9.59 Å². The van der Waals surface area contributed by atoms with E-state index in [1.165, 1.54) is 5.56 Å². The van der Waals surface area contributed by atoms with Crippen LogP contribution in [0.1, 0.15) is 34.8 Å². The molecule has 2 aromatic carbocycles. The summed E-state index contributed by atoms with van der Waals surface area (Å²) in [6.07, 6.45) is 1.53. The number of piperidine rings is 1. The van der Waals surface area contributed by atoms with Crippen molar-refractivity contribution >= 4 is 11.9 Å². The molecule has 2 aromatic rings. The Morgan fingerprint density at radius 2 is 1.59 bits per heavy atom. The van der Waals surface area contributed by atoms with Gasteiger partial charge < -0.3 is 20.4 Å². The molecule has 3 rings (SSSR count). The summed E-state index contributed by atoms with van der Waals surface area (Å²) >= 11 is 0. The molecule has 2 N–H and O–H groups in total. The maximum atomic E-state index is 12.5. The summed E-state index contributed by atoms with van der Waals surface area (Å²) in [7, 11) is 4.02. The summed E-state index contributed by atoms with van der Waals surface area (Å²) in [6, 6.07) is 19.6. The van der Waals surface area contributed by atoms with Crippen LogP contribution in [0.5, 0.6) is 0 Å². The lowest BCUT2D eigenvalue weighted by molar-refractivity contribution is 0.0708. The molecule has 1 aliphatic heterocycles. The summed E-state index contributed by atoms with van der Waals surface area (Å²) in [6.45, 7) is 1.85. The number of hydrogen-bond acceptors (Lipinski definition) is 3. The average molecular weight is 395 g/mol. The molecule has 6 nitrogen and oxygen atoms in total. The van der Waals surface area contributed by atoms with Gasteiger partial charge in [-0.2, -0.15) is 0 Å². The van der Waals surface area contributed by atoms with Gasteiger partial charge in [0, 0.05) is 31.2 Å². The van der Waals surface area contributed by atoms with E-state index in [1.54, 1.807) is 0 Å². The largest absolute Gasteiger partial charge is 0.338 e. The van der Waals surface area contributed by atoms with Crippen molar-refractivity contribution in [3.63, 3.8) is 0 Å². The second-order valence-corrected chi connectivity index (χ2v) is 7.68. The molecular formula is C23H30N4O2. The van der Waals surface area contributed by atoms with E-state index in [4.69, 9.17) is 0 Å². The zero-order chi connectivity index (χ0) is 20.6. The van der Waals surface area contributed by atoms with Gasteiger partial charge in [0.05, 0.1) is 6.04 Å². The van der Waals surface area contributed by atoms with E-state index >= 15 is 0 Å². The number of likely N-dealkylation sites (N-methyl/N-ethyl adjacent to an activating group) is 1. The Kier molecular flexibility index (Phi) is 7.25. The Morgan fingerprint density at radius 1 is 1.00 bits per heavy atom. The molecule has 0 aliphatic carbocycles. The van der Waals surface area contributed by atoms with Crippen molar-refractivity contribution in [3.8, 4) is 0 Å². The number of nitrogens with one attached hydrogen (secondary N) is 2. The monoisotopic (exact) mass is 394 g/mol. The summed E-state index contributed by atoms with van der Waals surface area (Å²) < 4.78 is 0. The lowest BCUT2D eigenvalue weighted by atomic mass is 10.0. The number of amides is 3. The molecule has 6 heteroatoms. The number of rotatable bonds is 6. The molecule has 1 fully saturated rings. The Bertz CT molecular complexity index is 787. The molecule has 29 heavy (non-hydrogen) atoms. The van der Waals surface area contributed by atoms with Crippen molar-refractivity contribution in [2.24, 2.45) is 0 Å². The molecule has 0 bridgehead atoms. The van der Waals surface area contributed by atoms with Gasteiger partial charge in [-0.15, -0.1) is 0 Å². The number of likely N-dealkylation sites (tertiary alicyclic amines) is 1. The van der Waals surface area contributed by atoms with Crippen molar-refractivity contribution in [1.29, 1.82) is 0 Å². The van der Waals surface area contributed by atoms with E-state index in [1.807, 2.05) is 67.5 Å². The maximum Gasteiger partial charge on any atom is 0.315 e. The predicted molar refractivity (Wildman–Crippen MR) is 115 cm³/mol. The third kappa shape index (κ3) is 5.81. The van der Waals surface area contributed by atoms with E-state index < -0.39 is 0 Å². The fraction of sp³-hybridized carbons (Fsp3) is 0.391. The molecule has 3 amide bonds. The minimum absolute atomic E-state index is 0.0604. The van der Waals surface area contributed by atoms with Gasteiger partial charge in [0.2, 0.25) is 0 Å². The normalized spacial score (nSPS) is 15.8. The molecule has 1 aliphatic rings. The van der Waals surface area contributed by atoms with E-state index in [0.29, 0.717) is 25.2 Å². The lowest BCUT2D eigenvalue weighted by Crippen LogP contribution is -2.50. The van der Waals surface area contributed by atoms with Crippen LogP contribution in [0.3, 0.4) is 0 Å². The third-order valence-electron chi connectivity index (χ3n) is 5.40. The molecule has 0 aromatic heterocycles. The van der Waals surface area contributed by atoms with Gasteiger partial charge in [0.1, 0.15) is 0 Å². The maximum absolute atomic E-state index is 12.5. The first-order valence-electron chi connectivity index (χ1n) is 10.1. The summed E-state index contributed by atoms with van der Waals surface area (Å²) in [5.41, 5.74) is 1.89. The van der Waals surface area contributed by atoms with Crippen molar-refractivity contribution in [2.45, 2.75) is 24.9 Å². The zero-order valence-corrected chi connectivity index (χ0v) is 17.2.